The number of fused-ring (bicyclic) bond motifs is 2. The van der Waals surface area contributed by atoms with Crippen molar-refractivity contribution in [3.63, 3.8) is 0 Å². The predicted molar refractivity (Wildman–Crippen MR) is 103 cm³/mol. The van der Waals surface area contributed by atoms with E-state index in [4.69, 9.17) is 0 Å². The number of para-hydroxylation sites is 2. The molecule has 0 saturated heterocycles. The van der Waals surface area contributed by atoms with Crippen LogP contribution >= 0.6 is 0 Å². The van der Waals surface area contributed by atoms with Gasteiger partial charge < -0.3 is 10.4 Å². The normalized spacial score (nSPS) is 15.3. The van der Waals surface area contributed by atoms with Gasteiger partial charge in [-0.1, -0.05) is 30.3 Å². The van der Waals surface area contributed by atoms with E-state index in [1.165, 1.54) is 6.07 Å². The minimum atomic E-state index is -0.382. The molecule has 2 aliphatic rings. The molecular formula is C22H12N2O4. The first-order valence-corrected chi connectivity index (χ1v) is 8.64. The molecule has 0 fully saturated rings. The third-order valence-corrected chi connectivity index (χ3v) is 4.98. The second-order valence-electron chi connectivity index (χ2n) is 6.56. The molecule has 0 aromatic heterocycles. The standard InChI is InChI=1S/C22H12N2O4/c25-21-15-8-1-3-10-17(15)23(27)19(21)13-6-5-7-14(12-13)20-22(26)16-9-2-4-11-18(16)24(20)28/h1-12H. The highest BCUT2D eigenvalue weighted by molar-refractivity contribution is 6.54. The molecule has 0 N–H and O–H groups in total. The zero-order valence-electron chi connectivity index (χ0n) is 14.5. The monoisotopic (exact) mass is 368 g/mol. The van der Waals surface area contributed by atoms with Gasteiger partial charge in [-0.2, -0.15) is 9.48 Å². The third-order valence-electron chi connectivity index (χ3n) is 4.98. The van der Waals surface area contributed by atoms with E-state index < -0.39 is 0 Å². The molecule has 0 atom stereocenters. The summed E-state index contributed by atoms with van der Waals surface area (Å²) in [4.78, 5) is 25.4. The van der Waals surface area contributed by atoms with E-state index in [1.54, 1.807) is 66.7 Å². The van der Waals surface area contributed by atoms with Gasteiger partial charge in [-0.15, -0.1) is 0 Å². The molecule has 0 unspecified atom stereocenters. The number of rotatable bonds is 2. The summed E-state index contributed by atoms with van der Waals surface area (Å²) < 4.78 is 1.20. The molecule has 0 radical (unpaired) electrons. The molecule has 6 heteroatoms. The van der Waals surface area contributed by atoms with Crippen molar-refractivity contribution in [2.75, 3.05) is 0 Å². The molecule has 0 spiro atoms. The third kappa shape index (κ3) is 2.08. The minimum Gasteiger partial charge on any atom is -0.618 e. The maximum atomic E-state index is 12.7. The Labute approximate surface area is 159 Å². The highest BCUT2D eigenvalue weighted by Gasteiger charge is 2.39. The summed E-state index contributed by atoms with van der Waals surface area (Å²) in [5.74, 6) is -0.763. The molecular weight excluding hydrogens is 356 g/mol. The Bertz CT molecular complexity index is 1180. The lowest BCUT2D eigenvalue weighted by molar-refractivity contribution is -0.355. The lowest BCUT2D eigenvalue weighted by Gasteiger charge is -2.05. The lowest BCUT2D eigenvalue weighted by Crippen LogP contribution is -2.20. The Kier molecular flexibility index (Phi) is 3.30. The van der Waals surface area contributed by atoms with Crippen molar-refractivity contribution in [2.45, 2.75) is 0 Å². The Morgan fingerprint density at radius 2 is 1.00 bits per heavy atom. The van der Waals surface area contributed by atoms with Crippen LogP contribution < -0.4 is 0 Å². The Morgan fingerprint density at radius 1 is 0.571 bits per heavy atom. The molecule has 0 saturated carbocycles. The van der Waals surface area contributed by atoms with Crippen LogP contribution in [0.3, 0.4) is 0 Å². The smallest absolute Gasteiger partial charge is 0.272 e. The highest BCUT2D eigenvalue weighted by Crippen LogP contribution is 2.30. The number of hydrogen-bond acceptors (Lipinski definition) is 4. The average molecular weight is 368 g/mol. The zero-order chi connectivity index (χ0) is 19.4. The predicted octanol–water partition coefficient (Wildman–Crippen LogP) is 3.34. The molecule has 134 valence electrons. The highest BCUT2D eigenvalue weighted by atomic mass is 16.5. The summed E-state index contributed by atoms with van der Waals surface area (Å²) in [6.45, 7) is 0. The van der Waals surface area contributed by atoms with Crippen molar-refractivity contribution in [3.05, 3.63) is 105 Å². The Morgan fingerprint density at radius 3 is 1.43 bits per heavy atom. The van der Waals surface area contributed by atoms with E-state index >= 15 is 0 Å². The maximum absolute atomic E-state index is 12.7. The van der Waals surface area contributed by atoms with Crippen LogP contribution in [0.5, 0.6) is 0 Å². The lowest BCUT2D eigenvalue weighted by atomic mass is 9.97. The van der Waals surface area contributed by atoms with Gasteiger partial charge in [-0.3, -0.25) is 9.59 Å². The van der Waals surface area contributed by atoms with Crippen LogP contribution in [0, 0.1) is 10.4 Å². The van der Waals surface area contributed by atoms with Crippen LogP contribution in [-0.2, 0) is 0 Å². The molecule has 2 heterocycles. The van der Waals surface area contributed by atoms with Crippen LogP contribution in [0.1, 0.15) is 31.8 Å². The van der Waals surface area contributed by atoms with E-state index in [0.717, 1.165) is 0 Å². The fraction of sp³-hybridized carbons (Fsp3) is 0. The van der Waals surface area contributed by atoms with Crippen molar-refractivity contribution < 1.29 is 19.1 Å². The van der Waals surface area contributed by atoms with Gasteiger partial charge in [0.25, 0.3) is 23.0 Å². The quantitative estimate of drug-likeness (QED) is 0.513. The summed E-state index contributed by atoms with van der Waals surface area (Å²) in [5, 5.41) is 25.3. The second kappa shape index (κ2) is 5.72. The number of carbonyl (C=O) groups is 2. The van der Waals surface area contributed by atoms with Crippen molar-refractivity contribution >= 4 is 34.4 Å². The molecule has 28 heavy (non-hydrogen) atoms. The Balaban J connectivity index is 1.64. The number of ketones is 2. The van der Waals surface area contributed by atoms with Crippen molar-refractivity contribution in [1.82, 2.24) is 0 Å². The van der Waals surface area contributed by atoms with Gasteiger partial charge in [0.15, 0.2) is 0 Å². The number of nitrogens with zero attached hydrogens (tertiary/aromatic N) is 2. The zero-order valence-corrected chi connectivity index (χ0v) is 14.5. The molecule has 6 nitrogen and oxygen atoms in total. The van der Waals surface area contributed by atoms with E-state index in [0.29, 0.717) is 31.7 Å². The molecule has 0 amide bonds. The summed E-state index contributed by atoms with van der Waals surface area (Å²) in [6, 6.07) is 19.6. The van der Waals surface area contributed by atoms with Crippen molar-refractivity contribution in [3.8, 4) is 0 Å². The van der Waals surface area contributed by atoms with Gasteiger partial charge >= 0.3 is 0 Å². The van der Waals surface area contributed by atoms with Gasteiger partial charge in [0, 0.05) is 12.1 Å². The first-order valence-electron chi connectivity index (χ1n) is 8.64. The fourth-order valence-corrected chi connectivity index (χ4v) is 3.68. The minimum absolute atomic E-state index is 0.0240. The van der Waals surface area contributed by atoms with E-state index in [2.05, 4.69) is 0 Å². The maximum Gasteiger partial charge on any atom is 0.272 e. The van der Waals surface area contributed by atoms with Gasteiger partial charge in [0.05, 0.1) is 11.1 Å². The fourth-order valence-electron chi connectivity index (χ4n) is 3.68. The number of benzene rings is 3. The first kappa shape index (κ1) is 16.1. The Hall–Kier alpha value is -4.06. The summed E-state index contributed by atoms with van der Waals surface area (Å²) in [6.07, 6.45) is 0. The molecule has 0 aliphatic carbocycles. The summed E-state index contributed by atoms with van der Waals surface area (Å²) >= 11 is 0. The van der Waals surface area contributed by atoms with Gasteiger partial charge in [-0.05, 0) is 30.3 Å². The van der Waals surface area contributed by atoms with Crippen molar-refractivity contribution in [1.29, 1.82) is 0 Å². The molecule has 3 aromatic rings. The van der Waals surface area contributed by atoms with Gasteiger partial charge in [-0.25, -0.2) is 0 Å². The van der Waals surface area contributed by atoms with Crippen LogP contribution in [-0.4, -0.2) is 32.5 Å². The van der Waals surface area contributed by atoms with Crippen LogP contribution in [0.25, 0.3) is 0 Å². The molecule has 5 rings (SSSR count). The molecule has 0 bridgehead atoms. The van der Waals surface area contributed by atoms with E-state index in [9.17, 15) is 20.0 Å². The number of carbonyl (C=O) groups excluding carboxylic acids is 2. The second-order valence-corrected chi connectivity index (χ2v) is 6.56. The van der Waals surface area contributed by atoms with Crippen LogP contribution in [0.15, 0.2) is 72.8 Å². The topological polar surface area (TPSA) is 86.3 Å². The number of Topliss-reactive ketones (excluding diaryl/α,β-unsaturated/α-hetero) is 2. The SMILES string of the molecule is O=C1C(c2cccc(C3=[N+]([O-])c4ccccc4C3=O)c2)=[N+]([O-])c2ccccc21. The molecule has 2 aliphatic heterocycles. The largest absolute Gasteiger partial charge is 0.618 e. The first-order chi connectivity index (χ1) is 13.6. The van der Waals surface area contributed by atoms with Crippen LogP contribution in [0.4, 0.5) is 11.4 Å². The number of hydrogen-bond donors (Lipinski definition) is 0. The van der Waals surface area contributed by atoms with E-state index in [1.807, 2.05) is 0 Å². The van der Waals surface area contributed by atoms with Gasteiger partial charge in [0.2, 0.25) is 11.4 Å². The summed E-state index contributed by atoms with van der Waals surface area (Å²) in [7, 11) is 0. The summed E-state index contributed by atoms with van der Waals surface area (Å²) in [5.41, 5.74) is 1.91. The van der Waals surface area contributed by atoms with Gasteiger partial charge in [0.1, 0.15) is 11.1 Å². The van der Waals surface area contributed by atoms with E-state index in [-0.39, 0.29) is 34.4 Å². The van der Waals surface area contributed by atoms with Crippen molar-refractivity contribution in [2.24, 2.45) is 0 Å². The average Bonchev–Trinajstić information content (AvgIpc) is 3.13. The molecule has 3 aromatic carbocycles. The van der Waals surface area contributed by atoms with Crippen LogP contribution in [0.2, 0.25) is 0 Å².